The first-order chi connectivity index (χ1) is 19.7. The number of hydrogen-bond donors (Lipinski definition) is 0. The van der Waals surface area contributed by atoms with Gasteiger partial charge in [-0.1, -0.05) is 0 Å². The molecule has 1 amide bonds. The van der Waals surface area contributed by atoms with Crippen LogP contribution in [0.1, 0.15) is 47.4 Å². The van der Waals surface area contributed by atoms with Crippen molar-refractivity contribution in [1.82, 2.24) is 39.2 Å². The lowest BCUT2D eigenvalue weighted by Crippen LogP contribution is -2.43. The number of rotatable bonds is 5. The van der Waals surface area contributed by atoms with Gasteiger partial charge in [0.2, 0.25) is 0 Å². The van der Waals surface area contributed by atoms with Crippen molar-refractivity contribution in [3.8, 4) is 6.01 Å². The summed E-state index contributed by atoms with van der Waals surface area (Å²) in [6, 6.07) is 4.13. The molecule has 3 aliphatic rings. The van der Waals surface area contributed by atoms with Crippen molar-refractivity contribution in [2.45, 2.75) is 57.4 Å². The molecule has 0 aliphatic carbocycles. The number of nitrogens with zero attached hydrogens (tertiary/aromatic N) is 9. The number of fused-ring (bicyclic) bond motifs is 5. The number of amides is 1. The molecule has 11 nitrogen and oxygen atoms in total. The smallest absolute Gasteiger partial charge is 0.319 e. The average Bonchev–Trinajstić information content (AvgIpc) is 3.71. The lowest BCUT2D eigenvalue weighted by Gasteiger charge is -2.31. The van der Waals surface area contributed by atoms with E-state index in [1.807, 2.05) is 28.3 Å². The SMILES string of the molecule is Cc1c(Br)n2nccc2c2c(N3CCCn4nc(C(=O)N(C)C)cc4C3)nc(OC[C@@]34CCCN3C[C@H](F)C4)nc12. The van der Waals surface area contributed by atoms with Gasteiger partial charge >= 0.3 is 6.01 Å². The number of anilines is 1. The maximum atomic E-state index is 14.4. The van der Waals surface area contributed by atoms with Crippen molar-refractivity contribution in [3.63, 3.8) is 0 Å². The molecule has 0 radical (unpaired) electrons. The maximum absolute atomic E-state index is 14.4. The van der Waals surface area contributed by atoms with Crippen LogP contribution in [-0.2, 0) is 13.1 Å². The van der Waals surface area contributed by atoms with Crippen LogP contribution in [0.4, 0.5) is 10.2 Å². The largest absolute Gasteiger partial charge is 0.461 e. The van der Waals surface area contributed by atoms with Crippen molar-refractivity contribution in [1.29, 1.82) is 0 Å². The van der Waals surface area contributed by atoms with Gasteiger partial charge in [0.15, 0.2) is 5.69 Å². The van der Waals surface area contributed by atoms with Gasteiger partial charge in [-0.05, 0) is 60.8 Å². The van der Waals surface area contributed by atoms with E-state index in [9.17, 15) is 9.18 Å². The number of pyridine rings is 1. The first-order valence-electron chi connectivity index (χ1n) is 14.1. The van der Waals surface area contributed by atoms with Crippen LogP contribution in [-0.4, -0.2) is 97.1 Å². The van der Waals surface area contributed by atoms with Crippen LogP contribution >= 0.6 is 15.9 Å². The molecule has 0 bridgehead atoms. The normalized spacial score (nSPS) is 22.8. The van der Waals surface area contributed by atoms with E-state index < -0.39 is 6.17 Å². The molecule has 0 spiro atoms. The van der Waals surface area contributed by atoms with Gasteiger partial charge in [0, 0.05) is 45.7 Å². The Kier molecular flexibility index (Phi) is 6.42. The zero-order valence-corrected chi connectivity index (χ0v) is 25.1. The molecule has 0 aromatic carbocycles. The molecule has 13 heteroatoms. The molecular formula is C28H33BrFN9O2. The van der Waals surface area contributed by atoms with Crippen LogP contribution in [0.15, 0.2) is 22.9 Å². The van der Waals surface area contributed by atoms with Crippen molar-refractivity contribution >= 4 is 44.1 Å². The van der Waals surface area contributed by atoms with Crippen LogP contribution in [0.25, 0.3) is 16.4 Å². The van der Waals surface area contributed by atoms with Gasteiger partial charge in [-0.3, -0.25) is 14.4 Å². The third-order valence-corrected chi connectivity index (χ3v) is 9.72. The summed E-state index contributed by atoms with van der Waals surface area (Å²) < 4.78 is 25.4. The Morgan fingerprint density at radius 3 is 2.93 bits per heavy atom. The zero-order valence-electron chi connectivity index (χ0n) is 23.5. The molecule has 0 saturated carbocycles. The highest BCUT2D eigenvalue weighted by atomic mass is 79.9. The van der Waals surface area contributed by atoms with E-state index in [1.165, 1.54) is 0 Å². The van der Waals surface area contributed by atoms with Gasteiger partial charge in [0.05, 0.1) is 40.4 Å². The topological polar surface area (TPSA) is 96.9 Å². The quantitative estimate of drug-likeness (QED) is 0.310. The molecule has 4 aromatic heterocycles. The molecule has 2 saturated heterocycles. The predicted octanol–water partition coefficient (Wildman–Crippen LogP) is 3.61. The summed E-state index contributed by atoms with van der Waals surface area (Å²) in [7, 11) is 3.46. The fraction of sp³-hybridized carbons (Fsp3) is 0.536. The van der Waals surface area contributed by atoms with Gasteiger partial charge in [0.1, 0.15) is 23.2 Å². The molecule has 7 heterocycles. The van der Waals surface area contributed by atoms with E-state index >= 15 is 0 Å². The minimum absolute atomic E-state index is 0.121. The highest BCUT2D eigenvalue weighted by Crippen LogP contribution is 2.41. The molecule has 41 heavy (non-hydrogen) atoms. The standard InChI is InChI=1S/C28H33BrFN9O2/c1-17-23-22(21-6-8-31-39(21)24(17)29)25(33-27(32-23)41-16-28-7-4-10-37(28)14-18(30)13-28)36-9-5-11-38-19(15-36)12-20(34-38)26(40)35(2)3/h6,8,12,18H,4-5,7,9-11,13-16H2,1-3H3/t18-,28+/m1/s1. The monoisotopic (exact) mass is 625 g/mol. The molecule has 0 unspecified atom stereocenters. The van der Waals surface area contributed by atoms with E-state index in [1.54, 1.807) is 25.2 Å². The number of hydrogen-bond acceptors (Lipinski definition) is 8. The molecule has 3 aliphatic heterocycles. The number of ether oxygens (including phenoxy) is 1. The highest BCUT2D eigenvalue weighted by Gasteiger charge is 2.49. The van der Waals surface area contributed by atoms with Crippen LogP contribution in [0.5, 0.6) is 6.01 Å². The summed E-state index contributed by atoms with van der Waals surface area (Å²) in [5.74, 6) is 0.626. The van der Waals surface area contributed by atoms with Gasteiger partial charge in [-0.15, -0.1) is 0 Å². The number of carbonyl (C=O) groups is 1. The Morgan fingerprint density at radius 1 is 1.24 bits per heavy atom. The van der Waals surface area contributed by atoms with E-state index in [-0.39, 0.29) is 17.5 Å². The molecule has 7 rings (SSSR count). The zero-order chi connectivity index (χ0) is 28.5. The summed E-state index contributed by atoms with van der Waals surface area (Å²) in [5.41, 5.74) is 3.67. The Bertz CT molecular complexity index is 1670. The Balaban J connectivity index is 1.32. The number of alkyl halides is 1. The maximum Gasteiger partial charge on any atom is 0.319 e. The number of aryl methyl sites for hydroxylation is 2. The third-order valence-electron chi connectivity index (χ3n) is 8.79. The summed E-state index contributed by atoms with van der Waals surface area (Å²) in [5, 5.41) is 10.0. The van der Waals surface area contributed by atoms with E-state index in [0.29, 0.717) is 38.4 Å². The molecule has 2 atom stereocenters. The van der Waals surface area contributed by atoms with Crippen LogP contribution in [0, 0.1) is 6.92 Å². The Hall–Kier alpha value is -3.32. The second-order valence-electron chi connectivity index (χ2n) is 11.7. The van der Waals surface area contributed by atoms with Crippen molar-refractivity contribution in [2.75, 3.05) is 45.2 Å². The summed E-state index contributed by atoms with van der Waals surface area (Å²) in [4.78, 5) is 28.6. The Morgan fingerprint density at radius 2 is 2.10 bits per heavy atom. The highest BCUT2D eigenvalue weighted by molar-refractivity contribution is 9.10. The van der Waals surface area contributed by atoms with E-state index in [4.69, 9.17) is 14.7 Å². The van der Waals surface area contributed by atoms with Crippen LogP contribution in [0.3, 0.4) is 0 Å². The van der Waals surface area contributed by atoms with Crippen molar-refractivity contribution in [2.24, 2.45) is 0 Å². The molecule has 0 N–H and O–H groups in total. The van der Waals surface area contributed by atoms with E-state index in [2.05, 4.69) is 35.9 Å². The number of halogens is 2. The Labute approximate surface area is 245 Å². The fourth-order valence-corrected chi connectivity index (χ4v) is 7.23. The first kappa shape index (κ1) is 26.6. The summed E-state index contributed by atoms with van der Waals surface area (Å²) in [6.45, 7) is 5.70. The summed E-state index contributed by atoms with van der Waals surface area (Å²) >= 11 is 3.71. The van der Waals surface area contributed by atoms with Gasteiger partial charge < -0.3 is 14.5 Å². The van der Waals surface area contributed by atoms with E-state index in [0.717, 1.165) is 70.5 Å². The summed E-state index contributed by atoms with van der Waals surface area (Å²) in [6.07, 6.45) is 4.21. The van der Waals surface area contributed by atoms with Gasteiger partial charge in [-0.2, -0.15) is 20.2 Å². The van der Waals surface area contributed by atoms with Crippen LogP contribution < -0.4 is 9.64 Å². The van der Waals surface area contributed by atoms with Crippen LogP contribution in [0.2, 0.25) is 0 Å². The third kappa shape index (κ3) is 4.35. The second kappa shape index (κ2) is 9.90. The average molecular weight is 627 g/mol. The number of aromatic nitrogens is 6. The second-order valence-corrected chi connectivity index (χ2v) is 12.4. The van der Waals surface area contributed by atoms with Crippen molar-refractivity contribution in [3.05, 3.63) is 39.9 Å². The molecule has 4 aromatic rings. The van der Waals surface area contributed by atoms with Gasteiger partial charge in [-0.25, -0.2) is 8.91 Å². The minimum atomic E-state index is -0.827. The lowest BCUT2D eigenvalue weighted by molar-refractivity contribution is 0.0821. The molecule has 2 fully saturated rings. The van der Waals surface area contributed by atoms with Crippen molar-refractivity contribution < 1.29 is 13.9 Å². The predicted molar refractivity (Wildman–Crippen MR) is 155 cm³/mol. The molecule has 216 valence electrons. The lowest BCUT2D eigenvalue weighted by atomic mass is 9.95. The fourth-order valence-electron chi connectivity index (χ4n) is 6.76. The van der Waals surface area contributed by atoms with Gasteiger partial charge in [0.25, 0.3) is 5.91 Å². The minimum Gasteiger partial charge on any atom is -0.461 e. The first-order valence-corrected chi connectivity index (χ1v) is 14.9. The number of carbonyl (C=O) groups excluding carboxylic acids is 1. The molecular weight excluding hydrogens is 593 g/mol.